The predicted octanol–water partition coefficient (Wildman–Crippen LogP) is 2.80. The molecule has 2 aromatic rings. The van der Waals surface area contributed by atoms with Crippen molar-refractivity contribution in [3.8, 4) is 5.75 Å². The van der Waals surface area contributed by atoms with Gasteiger partial charge in [-0.1, -0.05) is 23.7 Å². The van der Waals surface area contributed by atoms with E-state index >= 15 is 0 Å². The minimum Gasteiger partial charge on any atom is -0.489 e. The fraction of sp³-hybridized carbons (Fsp3) is 0.0667. The molecule has 0 atom stereocenters. The summed E-state index contributed by atoms with van der Waals surface area (Å²) in [4.78, 5) is 23.0. The molecule has 0 aliphatic carbocycles. The molecular weight excluding hydrogens is 278 g/mol. The lowest BCUT2D eigenvalue weighted by Gasteiger charge is -2.07. The highest BCUT2D eigenvalue weighted by atomic mass is 35.5. The van der Waals surface area contributed by atoms with Gasteiger partial charge in [-0.3, -0.25) is 14.9 Å². The number of ether oxygens (including phenoxy) is 1. The summed E-state index contributed by atoms with van der Waals surface area (Å²) < 4.78 is 5.61. The quantitative estimate of drug-likeness (QED) is 0.883. The summed E-state index contributed by atoms with van der Waals surface area (Å²) in [5, 5.41) is 2.91. The van der Waals surface area contributed by atoms with Crippen LogP contribution in [0.3, 0.4) is 0 Å². The summed E-state index contributed by atoms with van der Waals surface area (Å²) in [6.45, 7) is 0.367. The summed E-state index contributed by atoms with van der Waals surface area (Å²) in [6, 6.07) is 12.1. The zero-order valence-corrected chi connectivity index (χ0v) is 11.1. The molecule has 3 rings (SSSR count). The molecule has 0 saturated carbocycles. The molecule has 0 radical (unpaired) electrons. The Morgan fingerprint density at radius 3 is 2.40 bits per heavy atom. The summed E-state index contributed by atoms with van der Waals surface area (Å²) in [5.74, 6) is -0.209. The first kappa shape index (κ1) is 12.7. The van der Waals surface area contributed by atoms with E-state index in [1.807, 2.05) is 12.1 Å². The van der Waals surface area contributed by atoms with Crippen molar-refractivity contribution in [3.05, 3.63) is 64.2 Å². The van der Waals surface area contributed by atoms with Crippen LogP contribution in [-0.4, -0.2) is 11.8 Å². The Morgan fingerprint density at radius 1 is 0.950 bits per heavy atom. The van der Waals surface area contributed by atoms with Gasteiger partial charge >= 0.3 is 0 Å². The average molecular weight is 288 g/mol. The van der Waals surface area contributed by atoms with E-state index in [1.54, 1.807) is 30.3 Å². The zero-order valence-electron chi connectivity index (χ0n) is 10.4. The van der Waals surface area contributed by atoms with Gasteiger partial charge in [0.05, 0.1) is 11.1 Å². The van der Waals surface area contributed by atoms with Crippen molar-refractivity contribution in [3.63, 3.8) is 0 Å². The van der Waals surface area contributed by atoms with Gasteiger partial charge in [-0.2, -0.15) is 0 Å². The molecule has 100 valence electrons. The Labute approximate surface area is 120 Å². The first-order chi connectivity index (χ1) is 9.63. The molecule has 20 heavy (non-hydrogen) atoms. The van der Waals surface area contributed by atoms with Crippen LogP contribution in [0.5, 0.6) is 5.75 Å². The Bertz CT molecular complexity index is 695. The third kappa shape index (κ3) is 2.38. The summed E-state index contributed by atoms with van der Waals surface area (Å²) in [6.07, 6.45) is 0. The Kier molecular flexibility index (Phi) is 3.16. The van der Waals surface area contributed by atoms with E-state index in [-0.39, 0.29) is 11.8 Å². The maximum absolute atomic E-state index is 11.5. The van der Waals surface area contributed by atoms with E-state index in [1.165, 1.54) is 0 Å². The summed E-state index contributed by atoms with van der Waals surface area (Å²) in [5.41, 5.74) is 1.70. The molecule has 0 bridgehead atoms. The number of halogens is 1. The van der Waals surface area contributed by atoms with Crippen molar-refractivity contribution < 1.29 is 14.3 Å². The number of imide groups is 1. The largest absolute Gasteiger partial charge is 0.489 e. The number of carbonyl (C=O) groups is 2. The summed E-state index contributed by atoms with van der Waals surface area (Å²) in [7, 11) is 0. The molecule has 0 fully saturated rings. The number of carbonyl (C=O) groups excluding carboxylic acids is 2. The van der Waals surface area contributed by atoms with E-state index < -0.39 is 0 Å². The van der Waals surface area contributed by atoms with E-state index in [0.717, 1.165) is 5.56 Å². The third-order valence-electron chi connectivity index (χ3n) is 3.03. The third-order valence-corrected chi connectivity index (χ3v) is 3.28. The number of rotatable bonds is 3. The van der Waals surface area contributed by atoms with Gasteiger partial charge in [0.1, 0.15) is 12.4 Å². The second-order valence-corrected chi connectivity index (χ2v) is 4.84. The Morgan fingerprint density at radius 2 is 1.65 bits per heavy atom. The van der Waals surface area contributed by atoms with Gasteiger partial charge in [0.15, 0.2) is 0 Å². The fourth-order valence-corrected chi connectivity index (χ4v) is 2.11. The monoisotopic (exact) mass is 287 g/mol. The number of hydrogen-bond acceptors (Lipinski definition) is 3. The van der Waals surface area contributed by atoms with Crippen molar-refractivity contribution in [2.24, 2.45) is 0 Å². The molecule has 1 heterocycles. The first-order valence-corrected chi connectivity index (χ1v) is 6.38. The van der Waals surface area contributed by atoms with Crippen molar-refractivity contribution in [2.75, 3.05) is 0 Å². The zero-order chi connectivity index (χ0) is 14.1. The smallest absolute Gasteiger partial charge is 0.259 e. The fourth-order valence-electron chi connectivity index (χ4n) is 1.98. The second kappa shape index (κ2) is 4.98. The van der Waals surface area contributed by atoms with Crippen molar-refractivity contribution >= 4 is 23.4 Å². The van der Waals surface area contributed by atoms with E-state index in [0.29, 0.717) is 28.5 Å². The van der Waals surface area contributed by atoms with E-state index in [9.17, 15) is 9.59 Å². The van der Waals surface area contributed by atoms with Crippen LogP contribution in [0.4, 0.5) is 0 Å². The highest BCUT2D eigenvalue weighted by Crippen LogP contribution is 2.22. The van der Waals surface area contributed by atoms with Gasteiger partial charge in [0, 0.05) is 5.02 Å². The molecule has 1 aliphatic rings. The molecule has 0 unspecified atom stereocenters. The van der Waals surface area contributed by atoms with Crippen LogP contribution < -0.4 is 10.1 Å². The van der Waals surface area contributed by atoms with Crippen molar-refractivity contribution in [1.29, 1.82) is 0 Å². The first-order valence-electron chi connectivity index (χ1n) is 6.00. The number of fused-ring (bicyclic) bond motifs is 1. The molecule has 2 aromatic carbocycles. The van der Waals surface area contributed by atoms with E-state index in [2.05, 4.69) is 5.32 Å². The van der Waals surface area contributed by atoms with Gasteiger partial charge in [-0.15, -0.1) is 0 Å². The average Bonchev–Trinajstić information content (AvgIpc) is 2.73. The minimum atomic E-state index is -0.387. The topological polar surface area (TPSA) is 55.4 Å². The van der Waals surface area contributed by atoms with Crippen LogP contribution in [0.2, 0.25) is 5.02 Å². The van der Waals surface area contributed by atoms with Gasteiger partial charge in [-0.25, -0.2) is 0 Å². The molecule has 0 spiro atoms. The molecule has 1 N–H and O–H groups in total. The molecule has 2 amide bonds. The highest BCUT2D eigenvalue weighted by molar-refractivity contribution is 6.30. The van der Waals surface area contributed by atoms with Crippen molar-refractivity contribution in [1.82, 2.24) is 5.32 Å². The Hall–Kier alpha value is -2.33. The second-order valence-electron chi connectivity index (χ2n) is 4.41. The van der Waals surface area contributed by atoms with Crippen LogP contribution >= 0.6 is 11.6 Å². The van der Waals surface area contributed by atoms with Gasteiger partial charge in [-0.05, 0) is 35.9 Å². The molecule has 0 aromatic heterocycles. The SMILES string of the molecule is O=C1NC(=O)c2cc(OCc3ccc(Cl)cc3)ccc21. The molecular formula is C15H10ClNO3. The maximum atomic E-state index is 11.5. The molecule has 0 saturated heterocycles. The maximum Gasteiger partial charge on any atom is 0.259 e. The predicted molar refractivity (Wildman–Crippen MR) is 74.0 cm³/mol. The number of hydrogen-bond donors (Lipinski definition) is 1. The lowest BCUT2D eigenvalue weighted by molar-refractivity contribution is 0.0879. The van der Waals surface area contributed by atoms with Crippen LogP contribution in [0.15, 0.2) is 42.5 Å². The van der Waals surface area contributed by atoms with Crippen LogP contribution in [0.25, 0.3) is 0 Å². The number of amides is 2. The van der Waals surface area contributed by atoms with Crippen LogP contribution in [0.1, 0.15) is 26.3 Å². The standard InChI is InChI=1S/C15H10ClNO3/c16-10-3-1-9(2-4-10)8-20-11-5-6-12-13(7-11)15(19)17-14(12)18/h1-7H,8H2,(H,17,18,19). The summed E-state index contributed by atoms with van der Waals surface area (Å²) >= 11 is 5.81. The Balaban J connectivity index is 1.76. The van der Waals surface area contributed by atoms with Gasteiger partial charge in [0.2, 0.25) is 0 Å². The molecule has 5 heteroatoms. The van der Waals surface area contributed by atoms with Crippen molar-refractivity contribution in [2.45, 2.75) is 6.61 Å². The molecule has 1 aliphatic heterocycles. The van der Waals surface area contributed by atoms with E-state index in [4.69, 9.17) is 16.3 Å². The van der Waals surface area contributed by atoms with Gasteiger partial charge in [0.25, 0.3) is 11.8 Å². The lowest BCUT2D eigenvalue weighted by Crippen LogP contribution is -2.19. The van der Waals surface area contributed by atoms with Gasteiger partial charge < -0.3 is 4.74 Å². The lowest BCUT2D eigenvalue weighted by atomic mass is 10.1. The minimum absolute atomic E-state index is 0.351. The number of nitrogens with one attached hydrogen (secondary N) is 1. The normalized spacial score (nSPS) is 13.1. The van der Waals surface area contributed by atoms with Crippen LogP contribution in [-0.2, 0) is 6.61 Å². The molecule has 4 nitrogen and oxygen atoms in total. The van der Waals surface area contributed by atoms with Crippen LogP contribution in [0, 0.1) is 0 Å². The highest BCUT2D eigenvalue weighted by Gasteiger charge is 2.26. The number of benzene rings is 2.